The lowest BCUT2D eigenvalue weighted by atomic mass is 9.95. The summed E-state index contributed by atoms with van der Waals surface area (Å²) in [6.07, 6.45) is 4.85. The molecule has 0 unspecified atom stereocenters. The summed E-state index contributed by atoms with van der Waals surface area (Å²) < 4.78 is 5.49. The van der Waals surface area contributed by atoms with Crippen molar-refractivity contribution < 1.29 is 14.3 Å². The maximum atomic E-state index is 12.4. The zero-order valence-corrected chi connectivity index (χ0v) is 12.5. The number of pyridine rings is 1. The first kappa shape index (κ1) is 14.2. The maximum absolute atomic E-state index is 12.4. The minimum Gasteiger partial charge on any atom is -0.446 e. The molecule has 4 rings (SSSR count). The van der Waals surface area contributed by atoms with Crippen LogP contribution < -0.4 is 10.6 Å². The van der Waals surface area contributed by atoms with Gasteiger partial charge in [-0.25, -0.2) is 4.98 Å². The summed E-state index contributed by atoms with van der Waals surface area (Å²) >= 11 is 0. The molecule has 0 saturated carbocycles. The van der Waals surface area contributed by atoms with Gasteiger partial charge in [0.1, 0.15) is 12.3 Å². The zero-order chi connectivity index (χ0) is 15.8. The first-order chi connectivity index (χ1) is 11.2. The molecule has 0 aliphatic carbocycles. The number of fused-ring (bicyclic) bond motifs is 3. The molecule has 6 nitrogen and oxygen atoms in total. The third kappa shape index (κ3) is 2.69. The van der Waals surface area contributed by atoms with Crippen molar-refractivity contribution in [2.24, 2.45) is 0 Å². The predicted molar refractivity (Wildman–Crippen MR) is 83.8 cm³/mol. The van der Waals surface area contributed by atoms with Gasteiger partial charge in [0.05, 0.1) is 6.20 Å². The normalized spacial score (nSPS) is 25.3. The van der Waals surface area contributed by atoms with Crippen LogP contribution in [0.25, 0.3) is 11.0 Å². The molecule has 3 atom stereocenters. The van der Waals surface area contributed by atoms with Gasteiger partial charge >= 0.3 is 0 Å². The minimum atomic E-state index is -0.222. The molecule has 2 aromatic heterocycles. The quantitative estimate of drug-likeness (QED) is 0.714. The highest BCUT2D eigenvalue weighted by Gasteiger charge is 2.39. The molecule has 2 aliphatic rings. The van der Waals surface area contributed by atoms with Gasteiger partial charge in [-0.2, -0.15) is 0 Å². The highest BCUT2D eigenvalue weighted by atomic mass is 16.3. The number of carbonyl (C=O) groups excluding carboxylic acids is 1. The van der Waals surface area contributed by atoms with Crippen LogP contribution in [0.3, 0.4) is 0 Å². The molecule has 0 radical (unpaired) electrons. The Morgan fingerprint density at radius 2 is 2.39 bits per heavy atom. The Morgan fingerprint density at radius 1 is 1.48 bits per heavy atom. The first-order valence-corrected chi connectivity index (χ1v) is 7.79. The van der Waals surface area contributed by atoms with Crippen molar-refractivity contribution in [3.63, 3.8) is 0 Å². The molecule has 2 aliphatic heterocycles. The molecule has 2 saturated heterocycles. The summed E-state index contributed by atoms with van der Waals surface area (Å²) in [6.45, 7) is -0.222. The van der Waals surface area contributed by atoms with Crippen molar-refractivity contribution in [2.45, 2.75) is 37.4 Å². The van der Waals surface area contributed by atoms with Crippen molar-refractivity contribution in [2.75, 3.05) is 6.61 Å². The van der Waals surface area contributed by atoms with Gasteiger partial charge in [-0.15, -0.1) is 0 Å². The molecule has 2 bridgehead atoms. The van der Waals surface area contributed by atoms with E-state index in [0.717, 1.165) is 18.2 Å². The third-order valence-electron chi connectivity index (χ3n) is 4.54. The van der Waals surface area contributed by atoms with E-state index in [1.54, 1.807) is 12.1 Å². The van der Waals surface area contributed by atoms with E-state index < -0.39 is 0 Å². The van der Waals surface area contributed by atoms with E-state index in [1.165, 1.54) is 12.6 Å². The second kappa shape index (κ2) is 5.69. The highest BCUT2D eigenvalue weighted by Crippen LogP contribution is 2.28. The monoisotopic (exact) mass is 311 g/mol. The van der Waals surface area contributed by atoms with Gasteiger partial charge in [-0.3, -0.25) is 4.79 Å². The van der Waals surface area contributed by atoms with E-state index in [0.29, 0.717) is 29.1 Å². The first-order valence-electron chi connectivity index (χ1n) is 7.79. The lowest BCUT2D eigenvalue weighted by Gasteiger charge is -2.21. The van der Waals surface area contributed by atoms with E-state index in [1.807, 2.05) is 0 Å². The molecule has 2 fully saturated rings. The van der Waals surface area contributed by atoms with Crippen molar-refractivity contribution in [3.8, 4) is 11.8 Å². The Balaban J connectivity index is 1.52. The van der Waals surface area contributed by atoms with Crippen LogP contribution in [0.4, 0.5) is 0 Å². The fraction of sp³-hybridized carbons (Fsp3) is 0.412. The van der Waals surface area contributed by atoms with E-state index in [-0.39, 0.29) is 18.6 Å². The van der Waals surface area contributed by atoms with Crippen LogP contribution >= 0.6 is 0 Å². The summed E-state index contributed by atoms with van der Waals surface area (Å²) in [4.78, 5) is 16.6. The van der Waals surface area contributed by atoms with Gasteiger partial charge in [0.2, 0.25) is 0 Å². The molecular formula is C17H17N3O3. The SMILES string of the molecule is O=C(N[C@@H]1C[C@H]2CC[C@@H]1N2)c1cc2cc(C#CCO)oc2cn1. The summed E-state index contributed by atoms with van der Waals surface area (Å²) in [5.74, 6) is 5.53. The van der Waals surface area contributed by atoms with Gasteiger partial charge in [0, 0.05) is 29.6 Å². The molecule has 0 spiro atoms. The number of hydrogen-bond donors (Lipinski definition) is 3. The van der Waals surface area contributed by atoms with Crippen molar-refractivity contribution in [1.82, 2.24) is 15.6 Å². The van der Waals surface area contributed by atoms with Crippen LogP contribution in [0, 0.1) is 11.8 Å². The number of aliphatic hydroxyl groups is 1. The Kier molecular flexibility index (Phi) is 3.52. The number of carbonyl (C=O) groups is 1. The summed E-state index contributed by atoms with van der Waals surface area (Å²) in [5, 5.41) is 16.1. The van der Waals surface area contributed by atoms with Crippen molar-refractivity contribution in [3.05, 3.63) is 29.8 Å². The zero-order valence-electron chi connectivity index (χ0n) is 12.5. The molecule has 3 N–H and O–H groups in total. The highest BCUT2D eigenvalue weighted by molar-refractivity contribution is 5.95. The molecule has 118 valence electrons. The number of furan rings is 1. The lowest BCUT2D eigenvalue weighted by Crippen LogP contribution is -2.43. The molecule has 23 heavy (non-hydrogen) atoms. The van der Waals surface area contributed by atoms with Crippen LogP contribution in [0.15, 0.2) is 22.7 Å². The topological polar surface area (TPSA) is 87.4 Å². The summed E-state index contributed by atoms with van der Waals surface area (Å²) in [5.41, 5.74) is 0.952. The molecular weight excluding hydrogens is 294 g/mol. The Bertz CT molecular complexity index is 817. The number of aliphatic hydroxyl groups excluding tert-OH is 1. The molecule has 0 aromatic carbocycles. The second-order valence-corrected chi connectivity index (χ2v) is 6.04. The van der Waals surface area contributed by atoms with Gasteiger partial charge in [0.25, 0.3) is 5.91 Å². The predicted octanol–water partition coefficient (Wildman–Crippen LogP) is 0.794. The molecule has 1 amide bonds. The maximum Gasteiger partial charge on any atom is 0.270 e. The molecule has 2 aromatic rings. The third-order valence-corrected chi connectivity index (χ3v) is 4.54. The Labute approximate surface area is 133 Å². The number of aromatic nitrogens is 1. The smallest absolute Gasteiger partial charge is 0.270 e. The summed E-state index contributed by atoms with van der Waals surface area (Å²) in [6, 6.07) is 4.58. The largest absolute Gasteiger partial charge is 0.446 e. The Morgan fingerprint density at radius 3 is 3.13 bits per heavy atom. The average Bonchev–Trinajstić information content (AvgIpc) is 3.26. The van der Waals surface area contributed by atoms with Crippen LogP contribution in [0.2, 0.25) is 0 Å². The molecule has 6 heteroatoms. The fourth-order valence-electron chi connectivity index (χ4n) is 3.48. The van der Waals surface area contributed by atoms with Crippen LogP contribution in [-0.2, 0) is 0 Å². The summed E-state index contributed by atoms with van der Waals surface area (Å²) in [7, 11) is 0. The van der Waals surface area contributed by atoms with Gasteiger partial charge < -0.3 is 20.2 Å². The Hall–Kier alpha value is -2.36. The van der Waals surface area contributed by atoms with E-state index >= 15 is 0 Å². The number of amides is 1. The number of hydrogen-bond acceptors (Lipinski definition) is 5. The average molecular weight is 311 g/mol. The lowest BCUT2D eigenvalue weighted by molar-refractivity contribution is 0.0926. The van der Waals surface area contributed by atoms with Crippen molar-refractivity contribution in [1.29, 1.82) is 0 Å². The van der Waals surface area contributed by atoms with Crippen LogP contribution in [0.5, 0.6) is 0 Å². The van der Waals surface area contributed by atoms with Crippen molar-refractivity contribution >= 4 is 16.9 Å². The van der Waals surface area contributed by atoms with Gasteiger partial charge in [-0.05, 0) is 31.2 Å². The standard InChI is InChI=1S/C17H17N3O3/c21-5-1-2-12-6-10-7-15(18-9-16(10)23-12)17(22)20-14-8-11-3-4-13(14)19-11/h6-7,9,11,13-14,19,21H,3-5,8H2,(H,20,22)/t11-,13+,14-/m1/s1. The van der Waals surface area contributed by atoms with Crippen LogP contribution in [0.1, 0.15) is 35.5 Å². The van der Waals surface area contributed by atoms with Gasteiger partial charge in [-0.1, -0.05) is 5.92 Å². The molecule has 4 heterocycles. The van der Waals surface area contributed by atoms with Crippen LogP contribution in [-0.4, -0.2) is 40.7 Å². The number of nitrogens with one attached hydrogen (secondary N) is 2. The van der Waals surface area contributed by atoms with E-state index in [2.05, 4.69) is 27.5 Å². The number of nitrogens with zero attached hydrogens (tertiary/aromatic N) is 1. The minimum absolute atomic E-state index is 0.157. The fourth-order valence-corrected chi connectivity index (χ4v) is 3.48. The van der Waals surface area contributed by atoms with Gasteiger partial charge in [0.15, 0.2) is 11.3 Å². The van der Waals surface area contributed by atoms with E-state index in [4.69, 9.17) is 9.52 Å². The number of rotatable bonds is 2. The second-order valence-electron chi connectivity index (χ2n) is 6.04. The van der Waals surface area contributed by atoms with E-state index in [9.17, 15) is 4.79 Å².